The lowest BCUT2D eigenvalue weighted by molar-refractivity contribution is -0.186. The average Bonchev–Trinajstić information content (AvgIpc) is 3.04. The first-order valence-corrected chi connectivity index (χ1v) is 9.58. The molecule has 0 spiro atoms. The Labute approximate surface area is 171 Å². The third-order valence-electron chi connectivity index (χ3n) is 5.42. The van der Waals surface area contributed by atoms with Gasteiger partial charge in [0.15, 0.2) is 17.5 Å². The maximum atomic E-state index is 14.7. The van der Waals surface area contributed by atoms with E-state index in [1.807, 2.05) is 6.07 Å². The number of aryl methyl sites for hydroxylation is 1. The number of alkyl halides is 2. The lowest BCUT2D eigenvalue weighted by Gasteiger charge is -2.21. The zero-order chi connectivity index (χ0) is 21.6. The second-order valence-electron chi connectivity index (χ2n) is 7.85. The zero-order valence-corrected chi connectivity index (χ0v) is 16.4. The van der Waals surface area contributed by atoms with E-state index in [1.54, 1.807) is 12.1 Å². The van der Waals surface area contributed by atoms with Gasteiger partial charge in [-0.05, 0) is 59.6 Å². The fourth-order valence-electron chi connectivity index (χ4n) is 3.98. The first kappa shape index (κ1) is 20.4. The minimum Gasteiger partial charge on any atom is -0.429 e. The van der Waals surface area contributed by atoms with Crippen molar-refractivity contribution in [3.63, 3.8) is 0 Å². The van der Waals surface area contributed by atoms with Crippen LogP contribution >= 0.6 is 0 Å². The van der Waals surface area contributed by atoms with Crippen LogP contribution in [0.1, 0.15) is 29.2 Å². The van der Waals surface area contributed by atoms with Crippen molar-refractivity contribution in [3.8, 4) is 16.9 Å². The number of hydrogen-bond donors (Lipinski definition) is 0. The van der Waals surface area contributed by atoms with Crippen LogP contribution in [0.2, 0.25) is 0 Å². The summed E-state index contributed by atoms with van der Waals surface area (Å²) >= 11 is 0. The Kier molecular flexibility index (Phi) is 5.04. The summed E-state index contributed by atoms with van der Waals surface area (Å²) < 4.78 is 73.5. The number of hydrogen-bond acceptors (Lipinski definition) is 1. The van der Waals surface area contributed by atoms with E-state index in [-0.39, 0.29) is 5.56 Å². The van der Waals surface area contributed by atoms with Crippen molar-refractivity contribution in [2.75, 3.05) is 0 Å². The molecule has 3 aromatic carbocycles. The smallest absolute Gasteiger partial charge is 0.426 e. The van der Waals surface area contributed by atoms with E-state index < -0.39 is 34.9 Å². The molecule has 0 amide bonds. The molecule has 0 bridgehead atoms. The van der Waals surface area contributed by atoms with Crippen LogP contribution in [0.5, 0.6) is 5.75 Å². The number of ether oxygens (including phenoxy) is 1. The summed E-state index contributed by atoms with van der Waals surface area (Å²) in [6, 6.07) is 11.3. The fourth-order valence-corrected chi connectivity index (χ4v) is 3.98. The molecule has 0 fully saturated rings. The number of benzene rings is 3. The number of halogens is 5. The molecule has 1 unspecified atom stereocenters. The van der Waals surface area contributed by atoms with Crippen molar-refractivity contribution >= 4 is 0 Å². The summed E-state index contributed by atoms with van der Waals surface area (Å²) in [4.78, 5) is 0. The zero-order valence-electron chi connectivity index (χ0n) is 16.4. The van der Waals surface area contributed by atoms with Gasteiger partial charge in [-0.15, -0.1) is 0 Å². The monoisotopic (exact) mass is 418 g/mol. The molecular formula is C24H19F5O. The van der Waals surface area contributed by atoms with Crippen LogP contribution in [0.3, 0.4) is 0 Å². The second-order valence-corrected chi connectivity index (χ2v) is 7.85. The Hall–Kier alpha value is -2.89. The van der Waals surface area contributed by atoms with Crippen LogP contribution in [-0.2, 0) is 19.0 Å². The van der Waals surface area contributed by atoms with E-state index in [2.05, 4.69) is 23.8 Å². The van der Waals surface area contributed by atoms with E-state index in [0.29, 0.717) is 18.1 Å². The molecule has 156 valence electrons. The molecule has 0 aromatic heterocycles. The molecule has 0 aliphatic heterocycles. The third-order valence-corrected chi connectivity index (χ3v) is 5.42. The molecule has 1 aliphatic carbocycles. The third kappa shape index (κ3) is 3.78. The van der Waals surface area contributed by atoms with E-state index in [9.17, 15) is 22.0 Å². The average molecular weight is 418 g/mol. The molecule has 0 N–H and O–H groups in total. The van der Waals surface area contributed by atoms with E-state index in [1.165, 1.54) is 24.1 Å². The summed E-state index contributed by atoms with van der Waals surface area (Å²) in [6.45, 7) is 3.71. The highest BCUT2D eigenvalue weighted by atomic mass is 19.3. The van der Waals surface area contributed by atoms with Crippen LogP contribution in [0.4, 0.5) is 22.0 Å². The molecule has 4 rings (SSSR count). The lowest BCUT2D eigenvalue weighted by Crippen LogP contribution is -2.23. The van der Waals surface area contributed by atoms with Crippen LogP contribution in [0.15, 0.2) is 48.5 Å². The van der Waals surface area contributed by atoms with Gasteiger partial charge in [0, 0.05) is 12.1 Å². The van der Waals surface area contributed by atoms with Gasteiger partial charge in [-0.25, -0.2) is 13.2 Å². The van der Waals surface area contributed by atoms with E-state index in [0.717, 1.165) is 24.0 Å². The van der Waals surface area contributed by atoms with Gasteiger partial charge in [0.2, 0.25) is 0 Å². The molecule has 0 saturated carbocycles. The molecule has 1 atom stereocenters. The van der Waals surface area contributed by atoms with Crippen LogP contribution < -0.4 is 4.74 Å². The minimum absolute atomic E-state index is 0.259. The van der Waals surface area contributed by atoms with Gasteiger partial charge in [-0.1, -0.05) is 37.3 Å². The Morgan fingerprint density at radius 3 is 2.10 bits per heavy atom. The highest BCUT2D eigenvalue weighted by molar-refractivity contribution is 5.67. The molecular weight excluding hydrogens is 399 g/mol. The van der Waals surface area contributed by atoms with Gasteiger partial charge in [-0.3, -0.25) is 0 Å². The highest BCUT2D eigenvalue weighted by Gasteiger charge is 2.36. The molecule has 1 aliphatic rings. The van der Waals surface area contributed by atoms with Crippen molar-refractivity contribution in [2.24, 2.45) is 5.92 Å². The predicted octanol–water partition coefficient (Wildman–Crippen LogP) is 6.94. The highest BCUT2D eigenvalue weighted by Crippen LogP contribution is 2.37. The van der Waals surface area contributed by atoms with Crippen molar-refractivity contribution < 1.29 is 26.7 Å². The van der Waals surface area contributed by atoms with Crippen molar-refractivity contribution in [3.05, 3.63) is 88.2 Å². The van der Waals surface area contributed by atoms with Crippen molar-refractivity contribution in [1.82, 2.24) is 0 Å². The van der Waals surface area contributed by atoms with Gasteiger partial charge >= 0.3 is 6.11 Å². The Morgan fingerprint density at radius 1 is 0.833 bits per heavy atom. The maximum absolute atomic E-state index is 14.7. The van der Waals surface area contributed by atoms with E-state index >= 15 is 0 Å². The Morgan fingerprint density at radius 2 is 1.43 bits per heavy atom. The summed E-state index contributed by atoms with van der Waals surface area (Å²) in [5.41, 5.74) is 4.13. The Balaban J connectivity index is 1.62. The SMILES string of the molecule is Cc1cc(-c2ccc3c(c2)CC(C)C3)ccc1C(F)(F)Oc1cc(F)c(F)c(F)c1. The van der Waals surface area contributed by atoms with E-state index in [4.69, 9.17) is 0 Å². The van der Waals surface area contributed by atoms with Crippen LogP contribution in [0.25, 0.3) is 11.1 Å². The summed E-state index contributed by atoms with van der Waals surface area (Å²) in [5.74, 6) is -5.14. The summed E-state index contributed by atoms with van der Waals surface area (Å²) in [6.07, 6.45) is -1.81. The van der Waals surface area contributed by atoms with Crippen molar-refractivity contribution in [2.45, 2.75) is 32.8 Å². The van der Waals surface area contributed by atoms with Gasteiger partial charge in [-0.2, -0.15) is 8.78 Å². The Bertz CT molecular complexity index is 1100. The molecule has 0 heterocycles. The largest absolute Gasteiger partial charge is 0.429 e. The molecule has 0 radical (unpaired) electrons. The fraction of sp³-hybridized carbons (Fsp3) is 0.250. The maximum Gasteiger partial charge on any atom is 0.426 e. The second kappa shape index (κ2) is 7.42. The quantitative estimate of drug-likeness (QED) is 0.329. The standard InChI is InChI=1S/C24H19F5O/c1-13-7-15-3-4-17(10-18(15)8-13)16-5-6-20(14(2)9-16)24(28,29)30-19-11-21(25)23(27)22(26)12-19/h3-6,9-13H,7-8H2,1-2H3. The number of fused-ring (bicyclic) bond motifs is 1. The van der Waals surface area contributed by atoms with Gasteiger partial charge in [0.1, 0.15) is 5.75 Å². The molecule has 30 heavy (non-hydrogen) atoms. The van der Waals surface area contributed by atoms with Gasteiger partial charge in [0.05, 0.1) is 5.56 Å². The minimum atomic E-state index is -3.85. The molecule has 0 saturated heterocycles. The first-order valence-electron chi connectivity index (χ1n) is 9.58. The number of rotatable bonds is 4. The summed E-state index contributed by atoms with van der Waals surface area (Å²) in [7, 11) is 0. The topological polar surface area (TPSA) is 9.23 Å². The van der Waals surface area contributed by atoms with Gasteiger partial charge < -0.3 is 4.74 Å². The molecule has 6 heteroatoms. The van der Waals surface area contributed by atoms with Crippen LogP contribution in [0, 0.1) is 30.3 Å². The van der Waals surface area contributed by atoms with Crippen molar-refractivity contribution in [1.29, 1.82) is 0 Å². The van der Waals surface area contributed by atoms with Gasteiger partial charge in [0.25, 0.3) is 0 Å². The predicted molar refractivity (Wildman–Crippen MR) is 104 cm³/mol. The first-order chi connectivity index (χ1) is 14.1. The normalized spacial score (nSPS) is 15.9. The summed E-state index contributed by atoms with van der Waals surface area (Å²) in [5, 5.41) is 0. The molecule has 1 nitrogen and oxygen atoms in total. The van der Waals surface area contributed by atoms with Crippen LogP contribution in [-0.4, -0.2) is 0 Å². The lowest BCUT2D eigenvalue weighted by atomic mass is 9.97. The molecule has 3 aromatic rings.